The summed E-state index contributed by atoms with van der Waals surface area (Å²) in [4.78, 5) is 14.4. The zero-order chi connectivity index (χ0) is 16.1. The topological polar surface area (TPSA) is 64.2 Å². The van der Waals surface area contributed by atoms with Crippen molar-refractivity contribution >= 4 is 29.2 Å². The van der Waals surface area contributed by atoms with Crippen LogP contribution in [0.4, 0.5) is 0 Å². The normalized spacial score (nSPS) is 27.0. The summed E-state index contributed by atoms with van der Waals surface area (Å²) in [6, 6.07) is 7.60. The Labute approximate surface area is 148 Å². The lowest BCUT2D eigenvalue weighted by Crippen LogP contribution is -2.49. The summed E-state index contributed by atoms with van der Waals surface area (Å²) >= 11 is 0. The van der Waals surface area contributed by atoms with E-state index in [1.165, 1.54) is 37.7 Å². The fourth-order valence-corrected chi connectivity index (χ4v) is 4.72. The molecule has 6 heteroatoms. The average molecular weight is 349 g/mol. The molecule has 0 radical (unpaired) electrons. The second kappa shape index (κ2) is 6.37. The number of nitrogens with two attached hydrogens (primary N) is 1. The van der Waals surface area contributed by atoms with Crippen LogP contribution in [0.2, 0.25) is 0 Å². The summed E-state index contributed by atoms with van der Waals surface area (Å²) in [5.74, 6) is 0.0590. The quantitative estimate of drug-likeness (QED) is 0.907. The zero-order valence-corrected chi connectivity index (χ0v) is 15.1. The summed E-state index contributed by atoms with van der Waals surface area (Å²) in [6.07, 6.45) is 6.25. The molecular formula is C18H25ClN4O. The third-order valence-electron chi connectivity index (χ3n) is 5.92. The first-order chi connectivity index (χ1) is 11.1. The maximum atomic E-state index is 11.8. The number of rotatable bonds is 2. The molecule has 2 aliphatic heterocycles. The van der Waals surface area contributed by atoms with Gasteiger partial charge in [0.05, 0.1) is 5.52 Å². The minimum Gasteiger partial charge on any atom is -0.364 e. The number of benzene rings is 1. The van der Waals surface area contributed by atoms with Crippen LogP contribution in [-0.4, -0.2) is 39.7 Å². The molecule has 5 nitrogen and oxygen atoms in total. The third kappa shape index (κ3) is 2.60. The first-order valence-corrected chi connectivity index (χ1v) is 8.53. The fraction of sp³-hybridized carbons (Fsp3) is 0.556. The molecule has 1 aromatic heterocycles. The van der Waals surface area contributed by atoms with E-state index in [1.54, 1.807) is 4.68 Å². The summed E-state index contributed by atoms with van der Waals surface area (Å²) < 4.78 is 1.77. The van der Waals surface area contributed by atoms with Gasteiger partial charge in [-0.3, -0.25) is 9.48 Å². The molecule has 2 aromatic rings. The number of aromatic nitrogens is 2. The monoisotopic (exact) mass is 348 g/mol. The van der Waals surface area contributed by atoms with Crippen molar-refractivity contribution in [2.24, 2.45) is 12.8 Å². The van der Waals surface area contributed by atoms with Gasteiger partial charge in [-0.05, 0) is 50.3 Å². The van der Waals surface area contributed by atoms with Gasteiger partial charge in [0.2, 0.25) is 0 Å². The first kappa shape index (κ1) is 17.2. The Balaban J connectivity index is 0.00000169. The Bertz CT molecular complexity index is 758. The maximum Gasteiger partial charge on any atom is 0.269 e. The number of carbonyl (C=O) groups is 1. The zero-order valence-electron chi connectivity index (χ0n) is 14.2. The summed E-state index contributed by atoms with van der Waals surface area (Å²) in [7, 11) is 4.14. The standard InChI is InChI=1S/C18H24N4O.ClH/c1-21-12-5-3-6-13(21)10-11(9-12)14-7-4-8-15-16(14)17(18(19)23)20-22(15)2;/h4,7-8,11-13H,3,5-6,9-10H2,1-2H3,(H2,19,23);1H. The van der Waals surface area contributed by atoms with Crippen LogP contribution in [0.3, 0.4) is 0 Å². The SMILES string of the molecule is CN1C2CCCC1CC(c1cccc3c1c(C(N)=O)nn3C)C2.Cl. The maximum absolute atomic E-state index is 11.8. The molecule has 3 heterocycles. The highest BCUT2D eigenvalue weighted by atomic mass is 35.5. The van der Waals surface area contributed by atoms with Crippen LogP contribution in [0.5, 0.6) is 0 Å². The molecule has 2 unspecified atom stereocenters. The lowest BCUT2D eigenvalue weighted by atomic mass is 9.75. The van der Waals surface area contributed by atoms with E-state index in [-0.39, 0.29) is 12.4 Å². The van der Waals surface area contributed by atoms with E-state index in [0.717, 1.165) is 10.9 Å². The van der Waals surface area contributed by atoms with Gasteiger partial charge < -0.3 is 10.6 Å². The molecule has 1 aromatic carbocycles. The largest absolute Gasteiger partial charge is 0.364 e. The van der Waals surface area contributed by atoms with Crippen molar-refractivity contribution in [3.05, 3.63) is 29.5 Å². The van der Waals surface area contributed by atoms with Gasteiger partial charge in [-0.1, -0.05) is 18.6 Å². The van der Waals surface area contributed by atoms with Gasteiger partial charge in [-0.25, -0.2) is 0 Å². The highest BCUT2D eigenvalue weighted by Crippen LogP contribution is 2.42. The molecule has 2 N–H and O–H groups in total. The van der Waals surface area contributed by atoms with Crippen LogP contribution >= 0.6 is 12.4 Å². The van der Waals surface area contributed by atoms with Crippen LogP contribution < -0.4 is 5.73 Å². The lowest BCUT2D eigenvalue weighted by molar-refractivity contribution is 0.0558. The van der Waals surface area contributed by atoms with Crippen LogP contribution in [-0.2, 0) is 7.05 Å². The summed E-state index contributed by atoms with van der Waals surface area (Å²) in [5, 5.41) is 5.33. The van der Waals surface area contributed by atoms with Gasteiger partial charge in [0.25, 0.3) is 5.91 Å². The number of carbonyl (C=O) groups excluding carboxylic acids is 1. The second-order valence-electron chi connectivity index (χ2n) is 7.15. The number of aryl methyl sites for hydroxylation is 1. The molecule has 130 valence electrons. The van der Waals surface area contributed by atoms with Gasteiger partial charge in [-0.2, -0.15) is 5.10 Å². The first-order valence-electron chi connectivity index (χ1n) is 8.53. The van der Waals surface area contributed by atoms with Crippen molar-refractivity contribution in [3.8, 4) is 0 Å². The number of nitrogens with zero attached hydrogens (tertiary/aromatic N) is 3. The van der Waals surface area contributed by atoms with E-state index >= 15 is 0 Å². The molecule has 2 saturated heterocycles. The number of fused-ring (bicyclic) bond motifs is 3. The van der Waals surface area contributed by atoms with E-state index in [2.05, 4.69) is 29.2 Å². The molecule has 24 heavy (non-hydrogen) atoms. The summed E-state index contributed by atoms with van der Waals surface area (Å²) in [6.45, 7) is 0. The van der Waals surface area contributed by atoms with Crippen LogP contribution in [0.25, 0.3) is 10.9 Å². The Morgan fingerprint density at radius 1 is 1.21 bits per heavy atom. The smallest absolute Gasteiger partial charge is 0.269 e. The predicted octanol–water partition coefficient (Wildman–Crippen LogP) is 2.82. The van der Waals surface area contributed by atoms with E-state index in [1.807, 2.05) is 13.1 Å². The number of hydrogen-bond donors (Lipinski definition) is 1. The van der Waals surface area contributed by atoms with Gasteiger partial charge in [-0.15, -0.1) is 12.4 Å². The van der Waals surface area contributed by atoms with Crippen molar-refractivity contribution in [2.45, 2.75) is 50.1 Å². The highest BCUT2D eigenvalue weighted by Gasteiger charge is 2.37. The van der Waals surface area contributed by atoms with Crippen molar-refractivity contribution in [2.75, 3.05) is 7.05 Å². The number of primary amides is 1. The van der Waals surface area contributed by atoms with E-state index < -0.39 is 5.91 Å². The van der Waals surface area contributed by atoms with Crippen molar-refractivity contribution in [1.82, 2.24) is 14.7 Å². The number of amides is 1. The molecule has 0 saturated carbocycles. The molecule has 2 aliphatic rings. The minimum atomic E-state index is -0.434. The van der Waals surface area contributed by atoms with Crippen molar-refractivity contribution in [1.29, 1.82) is 0 Å². The summed E-state index contributed by atoms with van der Waals surface area (Å²) in [5.41, 5.74) is 8.26. The van der Waals surface area contributed by atoms with Gasteiger partial charge in [0, 0.05) is 24.5 Å². The molecular weight excluding hydrogens is 324 g/mol. The van der Waals surface area contributed by atoms with E-state index in [9.17, 15) is 4.79 Å². The molecule has 0 spiro atoms. The number of piperidine rings is 2. The molecule has 0 aliphatic carbocycles. The van der Waals surface area contributed by atoms with Crippen molar-refractivity contribution < 1.29 is 4.79 Å². The predicted molar refractivity (Wildman–Crippen MR) is 97.6 cm³/mol. The Morgan fingerprint density at radius 3 is 2.50 bits per heavy atom. The Morgan fingerprint density at radius 2 is 1.88 bits per heavy atom. The Kier molecular flexibility index (Phi) is 4.58. The van der Waals surface area contributed by atoms with Crippen LogP contribution in [0.15, 0.2) is 18.2 Å². The van der Waals surface area contributed by atoms with Crippen molar-refractivity contribution in [3.63, 3.8) is 0 Å². The minimum absolute atomic E-state index is 0. The van der Waals surface area contributed by atoms with E-state index in [0.29, 0.717) is 23.7 Å². The second-order valence-corrected chi connectivity index (χ2v) is 7.15. The Hall–Kier alpha value is -1.59. The van der Waals surface area contributed by atoms with E-state index in [4.69, 9.17) is 5.73 Å². The molecule has 4 rings (SSSR count). The average Bonchev–Trinajstić information content (AvgIpc) is 2.85. The van der Waals surface area contributed by atoms with Crippen LogP contribution in [0, 0.1) is 0 Å². The third-order valence-corrected chi connectivity index (χ3v) is 5.92. The van der Waals surface area contributed by atoms with Gasteiger partial charge >= 0.3 is 0 Å². The molecule has 2 bridgehead atoms. The molecule has 1 amide bonds. The fourth-order valence-electron chi connectivity index (χ4n) is 4.72. The van der Waals surface area contributed by atoms with Crippen LogP contribution in [0.1, 0.15) is 54.1 Å². The number of halogens is 1. The highest BCUT2D eigenvalue weighted by molar-refractivity contribution is 6.05. The number of hydrogen-bond acceptors (Lipinski definition) is 3. The lowest BCUT2D eigenvalue weighted by Gasteiger charge is -2.47. The molecule has 2 atom stereocenters. The molecule has 2 fully saturated rings. The van der Waals surface area contributed by atoms with Gasteiger partial charge in [0.15, 0.2) is 5.69 Å². The van der Waals surface area contributed by atoms with Gasteiger partial charge in [0.1, 0.15) is 0 Å².